The molecule has 0 amide bonds. The molecule has 10 atom stereocenters. The summed E-state index contributed by atoms with van der Waals surface area (Å²) < 4.78 is 65.5. The third-order valence-corrected chi connectivity index (χ3v) is 10.3. The molecule has 0 aliphatic carbocycles. The smallest absolute Gasteiger partial charge is 0.386 e. The highest BCUT2D eigenvalue weighted by Gasteiger charge is 2.53. The van der Waals surface area contributed by atoms with Crippen molar-refractivity contribution in [3.05, 3.63) is 49.8 Å². The zero-order chi connectivity index (χ0) is 32.9. The Hall–Kier alpha value is -3.76. The maximum Gasteiger partial charge on any atom is 0.472 e. The number of aliphatic hydroxyl groups excluding tert-OH is 2. The molecule has 48 heavy (non-hydrogen) atoms. The number of aromatic nitrogens is 10. The first-order chi connectivity index (χ1) is 23.0. The molecule has 252 valence electrons. The molecule has 0 bridgehead atoms. The van der Waals surface area contributed by atoms with Gasteiger partial charge < -0.3 is 38.6 Å². The van der Waals surface area contributed by atoms with E-state index in [1.807, 2.05) is 0 Å². The van der Waals surface area contributed by atoms with E-state index in [1.165, 1.54) is 21.8 Å². The summed E-state index contributed by atoms with van der Waals surface area (Å²) in [5.41, 5.74) is 1.77. The molecular formula is C24H24N10O12P2. The molecule has 9 heterocycles. The summed E-state index contributed by atoms with van der Waals surface area (Å²) in [7, 11) is -9.97. The van der Waals surface area contributed by atoms with Crippen LogP contribution >= 0.6 is 15.6 Å². The Morgan fingerprint density at radius 3 is 1.56 bits per heavy atom. The van der Waals surface area contributed by atoms with Crippen molar-refractivity contribution in [2.75, 3.05) is 13.2 Å². The second-order valence-corrected chi connectivity index (χ2v) is 14.1. The zero-order valence-corrected chi connectivity index (χ0v) is 25.9. The van der Waals surface area contributed by atoms with E-state index >= 15 is 0 Å². The van der Waals surface area contributed by atoms with Crippen LogP contribution in [0.5, 0.6) is 0 Å². The molecule has 22 nitrogen and oxygen atoms in total. The average Bonchev–Trinajstić information content (AvgIpc) is 3.89. The third-order valence-electron chi connectivity index (χ3n) is 8.32. The van der Waals surface area contributed by atoms with Gasteiger partial charge in [0.25, 0.3) is 0 Å². The molecule has 6 aromatic rings. The molecular weight excluding hydrogens is 682 g/mol. The summed E-state index contributed by atoms with van der Waals surface area (Å²) in [6, 6.07) is 0. The number of hydrogen-bond acceptors (Lipinski definition) is 16. The van der Waals surface area contributed by atoms with E-state index in [0.29, 0.717) is 33.9 Å². The monoisotopic (exact) mass is 706 g/mol. The molecule has 9 rings (SSSR count). The topological polar surface area (TPSA) is 266 Å². The van der Waals surface area contributed by atoms with Crippen molar-refractivity contribution in [3.63, 3.8) is 0 Å². The lowest BCUT2D eigenvalue weighted by Gasteiger charge is -2.27. The SMILES string of the molecule is O=P1(O)OC[C@H]2O[C@@H](n3cnc4nc5nccn5c4c3)[C@H](O)[C@@H]2OP(=O)(O)OC[C@H]2O[C@@H](n3cnc4nc5nccn5c4c3)[C@H](O)[C@@H]2O1. The molecule has 2 unspecified atom stereocenters. The zero-order valence-electron chi connectivity index (χ0n) is 24.1. The summed E-state index contributed by atoms with van der Waals surface area (Å²) in [6.45, 7) is -1.49. The van der Waals surface area contributed by atoms with Crippen molar-refractivity contribution < 1.29 is 56.7 Å². The highest BCUT2D eigenvalue weighted by atomic mass is 31.2. The second-order valence-electron chi connectivity index (χ2n) is 11.3. The van der Waals surface area contributed by atoms with Crippen molar-refractivity contribution in [2.45, 2.75) is 49.1 Å². The summed E-state index contributed by atoms with van der Waals surface area (Å²) >= 11 is 0. The van der Waals surface area contributed by atoms with Gasteiger partial charge in [-0.2, -0.15) is 9.97 Å². The fraction of sp³-hybridized carbons (Fsp3) is 0.417. The number of fused-ring (bicyclic) bond motifs is 8. The summed E-state index contributed by atoms with van der Waals surface area (Å²) in [4.78, 5) is 46.8. The highest BCUT2D eigenvalue weighted by molar-refractivity contribution is 7.47. The number of rotatable bonds is 2. The molecule has 6 aromatic heterocycles. The maximum atomic E-state index is 13.2. The second kappa shape index (κ2) is 10.9. The van der Waals surface area contributed by atoms with Gasteiger partial charge >= 0.3 is 15.6 Å². The van der Waals surface area contributed by atoms with Crippen molar-refractivity contribution in [1.29, 1.82) is 0 Å². The first-order valence-electron chi connectivity index (χ1n) is 14.3. The van der Waals surface area contributed by atoms with Crippen molar-refractivity contribution in [2.24, 2.45) is 0 Å². The van der Waals surface area contributed by atoms with Crippen LogP contribution in [-0.2, 0) is 36.7 Å². The standard InChI is InChI=1S/C24H24N10O12P2/c35-15-17-13(43-21(15)31-5-11-19(27-9-31)29-23-25-1-3-33(11)23)7-41-48(39,40)46-18-14(8-42-47(37,38)45-17)44-22(16(18)36)32-6-12-20(28-10-32)30-24-26-2-4-34(12)24/h1-6,9-10,13-18,21-22,35-36H,7-8H2,(H,37,38)(H,39,40)/t13-,14-,15-,16-,17-,18-,21-,22-/m1/s1. The summed E-state index contributed by atoms with van der Waals surface area (Å²) in [5, 5.41) is 22.5. The molecule has 3 aliphatic rings. The molecule has 24 heteroatoms. The van der Waals surface area contributed by atoms with Crippen LogP contribution in [-0.4, -0.2) is 118 Å². The molecule has 3 saturated heterocycles. The molecule has 3 fully saturated rings. The quantitative estimate of drug-likeness (QED) is 0.168. The van der Waals surface area contributed by atoms with Crippen LogP contribution in [0, 0.1) is 0 Å². The van der Waals surface area contributed by atoms with E-state index in [2.05, 4.69) is 29.9 Å². The molecule has 4 N–H and O–H groups in total. The largest absolute Gasteiger partial charge is 0.472 e. The first-order valence-corrected chi connectivity index (χ1v) is 17.3. The fourth-order valence-corrected chi connectivity index (χ4v) is 8.04. The van der Waals surface area contributed by atoms with Gasteiger partial charge in [0, 0.05) is 37.2 Å². The Bertz CT molecular complexity index is 2130. The number of hydrogen-bond donors (Lipinski definition) is 4. The Morgan fingerprint density at radius 1 is 0.688 bits per heavy atom. The van der Waals surface area contributed by atoms with Gasteiger partial charge in [-0.3, -0.25) is 26.9 Å². The lowest BCUT2D eigenvalue weighted by molar-refractivity contribution is -0.0675. The van der Waals surface area contributed by atoms with Crippen molar-refractivity contribution >= 4 is 49.5 Å². The van der Waals surface area contributed by atoms with Gasteiger partial charge in [0.15, 0.2) is 23.8 Å². The number of ether oxygens (including phenoxy) is 2. The Morgan fingerprint density at radius 2 is 1.12 bits per heavy atom. The van der Waals surface area contributed by atoms with E-state index in [1.54, 1.807) is 46.0 Å². The van der Waals surface area contributed by atoms with Crippen LogP contribution in [0.2, 0.25) is 0 Å². The number of imidazole rings is 4. The van der Waals surface area contributed by atoms with E-state index in [0.717, 1.165) is 0 Å². The van der Waals surface area contributed by atoms with E-state index in [4.69, 9.17) is 27.6 Å². The van der Waals surface area contributed by atoms with Crippen LogP contribution in [0.25, 0.3) is 33.9 Å². The van der Waals surface area contributed by atoms with Gasteiger partial charge in [0.05, 0.1) is 25.9 Å². The molecule has 0 spiro atoms. The molecule has 0 aromatic carbocycles. The molecule has 3 aliphatic heterocycles. The maximum absolute atomic E-state index is 13.2. The Labute approximate surface area is 266 Å². The minimum Gasteiger partial charge on any atom is -0.386 e. The van der Waals surface area contributed by atoms with Gasteiger partial charge in [-0.15, -0.1) is 0 Å². The van der Waals surface area contributed by atoms with Crippen molar-refractivity contribution in [3.8, 4) is 0 Å². The van der Waals surface area contributed by atoms with E-state index in [-0.39, 0.29) is 0 Å². The minimum atomic E-state index is -4.98. The normalized spacial score (nSPS) is 36.4. The predicted octanol–water partition coefficient (Wildman–Crippen LogP) is -0.294. The summed E-state index contributed by atoms with van der Waals surface area (Å²) in [5.74, 6) is 0.796. The van der Waals surface area contributed by atoms with Crippen molar-refractivity contribution in [1.82, 2.24) is 47.8 Å². The van der Waals surface area contributed by atoms with Gasteiger partial charge in [-0.25, -0.2) is 29.1 Å². The number of phosphoric ester groups is 2. The Kier molecular flexibility index (Phi) is 6.86. The number of nitrogens with zero attached hydrogens (tertiary/aromatic N) is 10. The number of aliphatic hydroxyl groups is 2. The fourth-order valence-electron chi connectivity index (χ4n) is 6.12. The Balaban J connectivity index is 0.987. The van der Waals surface area contributed by atoms with Crippen LogP contribution in [0.1, 0.15) is 12.5 Å². The summed E-state index contributed by atoms with van der Waals surface area (Å²) in [6.07, 6.45) is 0.482. The van der Waals surface area contributed by atoms with Crippen LogP contribution in [0.3, 0.4) is 0 Å². The first kappa shape index (κ1) is 30.3. The van der Waals surface area contributed by atoms with Crippen LogP contribution in [0.15, 0.2) is 49.8 Å². The highest BCUT2D eigenvalue weighted by Crippen LogP contribution is 2.53. The van der Waals surface area contributed by atoms with Gasteiger partial charge in [0.1, 0.15) is 47.7 Å². The van der Waals surface area contributed by atoms with Gasteiger partial charge in [-0.1, -0.05) is 0 Å². The third kappa shape index (κ3) is 4.97. The predicted molar refractivity (Wildman–Crippen MR) is 154 cm³/mol. The van der Waals surface area contributed by atoms with Gasteiger partial charge in [0.2, 0.25) is 11.6 Å². The van der Waals surface area contributed by atoms with Gasteiger partial charge in [-0.05, 0) is 0 Å². The molecule has 0 saturated carbocycles. The van der Waals surface area contributed by atoms with Crippen LogP contribution < -0.4 is 0 Å². The lowest BCUT2D eigenvalue weighted by Crippen LogP contribution is -2.39. The lowest BCUT2D eigenvalue weighted by atomic mass is 10.1. The number of phosphoric acid groups is 2. The minimum absolute atomic E-state index is 0.366. The molecule has 0 radical (unpaired) electrons. The van der Waals surface area contributed by atoms with Crippen LogP contribution in [0.4, 0.5) is 0 Å². The van der Waals surface area contributed by atoms with E-state index < -0.39 is 77.9 Å². The average molecular weight is 706 g/mol. The van der Waals surface area contributed by atoms with E-state index in [9.17, 15) is 29.1 Å².